The van der Waals surface area contributed by atoms with Gasteiger partial charge in [0.15, 0.2) is 0 Å². The first-order valence-corrected chi connectivity index (χ1v) is 6.15. The molecule has 0 aromatic heterocycles. The van der Waals surface area contributed by atoms with Gasteiger partial charge < -0.3 is 6.15 Å². The Kier molecular flexibility index (Phi) is 7.79. The van der Waals surface area contributed by atoms with E-state index in [1.807, 2.05) is 0 Å². The molecule has 0 amide bonds. The predicted molar refractivity (Wildman–Crippen MR) is 72.9 cm³/mol. The van der Waals surface area contributed by atoms with Crippen molar-refractivity contribution in [1.29, 1.82) is 0 Å². The molecule has 3 heteroatoms. The number of benzene rings is 1. The van der Waals surface area contributed by atoms with Crippen LogP contribution in [0.5, 0.6) is 0 Å². The fraction of sp³-hybridized carbons (Fsp3) is 0.571. The highest BCUT2D eigenvalue weighted by Gasteiger charge is 2.21. The molecular weight excluding hydrogens is 212 g/mol. The molecule has 0 heterocycles. The maximum absolute atomic E-state index is 5.45. The average Bonchev–Trinajstić information content (AvgIpc) is 2.31. The summed E-state index contributed by atoms with van der Waals surface area (Å²) < 4.78 is 0. The Morgan fingerprint density at radius 3 is 2.18 bits per heavy atom. The molecule has 3 nitrogen and oxygen atoms in total. The Hall–Kier alpha value is -0.900. The zero-order valence-corrected chi connectivity index (χ0v) is 11.3. The van der Waals surface area contributed by atoms with Crippen molar-refractivity contribution in [2.45, 2.75) is 46.1 Å². The van der Waals surface area contributed by atoms with Crippen molar-refractivity contribution in [3.63, 3.8) is 0 Å². The van der Waals surface area contributed by atoms with Crippen LogP contribution in [-0.2, 0) is 4.84 Å². The van der Waals surface area contributed by atoms with Crippen LogP contribution in [0.1, 0.15) is 50.3 Å². The molecule has 0 aliphatic carbocycles. The van der Waals surface area contributed by atoms with Gasteiger partial charge in [-0.15, -0.1) is 0 Å². The number of hydrogen-bond donors (Lipinski definition) is 2. The zero-order valence-electron chi connectivity index (χ0n) is 11.3. The Morgan fingerprint density at radius 1 is 1.18 bits per heavy atom. The first kappa shape index (κ1) is 16.1. The number of hydrogen-bond acceptors (Lipinski definition) is 3. The van der Waals surface area contributed by atoms with Crippen molar-refractivity contribution in [3.05, 3.63) is 35.4 Å². The third-order valence-electron chi connectivity index (χ3n) is 3.16. The number of aryl methyl sites for hydroxylation is 1. The molecule has 0 aliphatic rings. The third kappa shape index (κ3) is 4.46. The predicted octanol–water partition coefficient (Wildman–Crippen LogP) is 3.91. The second kappa shape index (κ2) is 8.23. The van der Waals surface area contributed by atoms with Crippen LogP contribution in [0.3, 0.4) is 0 Å². The van der Waals surface area contributed by atoms with Crippen LogP contribution in [0, 0.1) is 12.8 Å². The molecule has 0 aliphatic heterocycles. The van der Waals surface area contributed by atoms with E-state index in [0.29, 0.717) is 5.92 Å². The van der Waals surface area contributed by atoms with Gasteiger partial charge in [0.25, 0.3) is 0 Å². The van der Waals surface area contributed by atoms with Gasteiger partial charge in [0.1, 0.15) is 6.10 Å². The van der Waals surface area contributed by atoms with E-state index < -0.39 is 0 Å². The average molecular weight is 238 g/mol. The first-order valence-electron chi connectivity index (χ1n) is 6.15. The first-order chi connectivity index (χ1) is 7.72. The van der Waals surface area contributed by atoms with E-state index in [4.69, 9.17) is 10.7 Å². The van der Waals surface area contributed by atoms with Gasteiger partial charge in [-0.05, 0) is 24.8 Å². The topological polar surface area (TPSA) is 70.2 Å². The van der Waals surface area contributed by atoms with Crippen LogP contribution in [0.25, 0.3) is 0 Å². The van der Waals surface area contributed by atoms with E-state index in [9.17, 15) is 0 Å². The van der Waals surface area contributed by atoms with Crippen molar-refractivity contribution in [2.75, 3.05) is 0 Å². The molecule has 0 saturated heterocycles. The molecular formula is C14H26N2O. The van der Waals surface area contributed by atoms with E-state index in [1.165, 1.54) is 17.5 Å². The summed E-state index contributed by atoms with van der Waals surface area (Å²) in [5, 5.41) is 0. The molecule has 2 atom stereocenters. The Morgan fingerprint density at radius 2 is 1.76 bits per heavy atom. The Labute approximate surface area is 105 Å². The molecule has 1 aromatic carbocycles. The summed E-state index contributed by atoms with van der Waals surface area (Å²) in [6.45, 7) is 6.48. The summed E-state index contributed by atoms with van der Waals surface area (Å²) in [5.74, 6) is 5.96. The van der Waals surface area contributed by atoms with Gasteiger partial charge in [-0.25, -0.2) is 5.90 Å². The molecule has 1 aromatic rings. The molecule has 0 spiro atoms. The minimum absolute atomic E-state index is 0. The van der Waals surface area contributed by atoms with E-state index in [1.54, 1.807) is 0 Å². The lowest BCUT2D eigenvalue weighted by atomic mass is 9.89. The second-order valence-corrected chi connectivity index (χ2v) is 4.42. The van der Waals surface area contributed by atoms with Crippen molar-refractivity contribution < 1.29 is 4.84 Å². The summed E-state index contributed by atoms with van der Waals surface area (Å²) >= 11 is 0. The van der Waals surface area contributed by atoms with Crippen molar-refractivity contribution >= 4 is 0 Å². The van der Waals surface area contributed by atoms with Crippen LogP contribution in [0.2, 0.25) is 0 Å². The van der Waals surface area contributed by atoms with Gasteiger partial charge in [-0.3, -0.25) is 4.84 Å². The van der Waals surface area contributed by atoms with Crippen molar-refractivity contribution in [2.24, 2.45) is 11.8 Å². The Balaban J connectivity index is 0.00000256. The van der Waals surface area contributed by atoms with E-state index >= 15 is 0 Å². The SMILES string of the molecule is CCCC(CC)C(ON)c1ccc(C)cc1.N. The minimum atomic E-state index is 0. The quantitative estimate of drug-likeness (QED) is 0.738. The van der Waals surface area contributed by atoms with Crippen LogP contribution in [-0.4, -0.2) is 0 Å². The van der Waals surface area contributed by atoms with E-state index in [-0.39, 0.29) is 12.3 Å². The normalized spacial score (nSPS) is 13.9. The molecule has 17 heavy (non-hydrogen) atoms. The lowest BCUT2D eigenvalue weighted by molar-refractivity contribution is 0.00484. The van der Waals surface area contributed by atoms with Crippen LogP contribution in [0.15, 0.2) is 24.3 Å². The van der Waals surface area contributed by atoms with Crippen LogP contribution >= 0.6 is 0 Å². The van der Waals surface area contributed by atoms with Gasteiger partial charge in [-0.1, -0.05) is 56.5 Å². The van der Waals surface area contributed by atoms with Crippen LogP contribution < -0.4 is 12.0 Å². The molecule has 0 saturated carbocycles. The second-order valence-electron chi connectivity index (χ2n) is 4.42. The van der Waals surface area contributed by atoms with Gasteiger partial charge >= 0.3 is 0 Å². The molecule has 2 unspecified atom stereocenters. The molecule has 0 radical (unpaired) electrons. The highest BCUT2D eigenvalue weighted by Crippen LogP contribution is 2.30. The van der Waals surface area contributed by atoms with Crippen molar-refractivity contribution in [3.8, 4) is 0 Å². The summed E-state index contributed by atoms with van der Waals surface area (Å²) in [5.41, 5.74) is 2.46. The Bertz CT molecular complexity index is 298. The minimum Gasteiger partial charge on any atom is -0.344 e. The van der Waals surface area contributed by atoms with Gasteiger partial charge in [0, 0.05) is 0 Å². The lowest BCUT2D eigenvalue weighted by Gasteiger charge is -2.24. The van der Waals surface area contributed by atoms with Crippen molar-refractivity contribution in [1.82, 2.24) is 6.15 Å². The summed E-state index contributed by atoms with van der Waals surface area (Å²) in [6.07, 6.45) is 3.46. The number of nitrogens with two attached hydrogens (primary N) is 1. The fourth-order valence-electron chi connectivity index (χ4n) is 2.16. The largest absolute Gasteiger partial charge is 0.344 e. The highest BCUT2D eigenvalue weighted by molar-refractivity contribution is 5.23. The number of rotatable bonds is 6. The monoisotopic (exact) mass is 238 g/mol. The standard InChI is InChI=1S/C14H23NO.H3N/c1-4-6-12(5-2)14(16-15)13-9-7-11(3)8-10-13;/h7-10,12,14H,4-6,15H2,1-3H3;1H3. The van der Waals surface area contributed by atoms with E-state index in [2.05, 4.69) is 45.0 Å². The van der Waals surface area contributed by atoms with Crippen LogP contribution in [0.4, 0.5) is 0 Å². The van der Waals surface area contributed by atoms with Gasteiger partial charge in [0.2, 0.25) is 0 Å². The maximum Gasteiger partial charge on any atom is 0.106 e. The van der Waals surface area contributed by atoms with Gasteiger partial charge in [0.05, 0.1) is 0 Å². The fourth-order valence-corrected chi connectivity index (χ4v) is 2.16. The summed E-state index contributed by atoms with van der Waals surface area (Å²) in [6, 6.07) is 8.45. The summed E-state index contributed by atoms with van der Waals surface area (Å²) in [7, 11) is 0. The zero-order chi connectivity index (χ0) is 12.0. The molecule has 98 valence electrons. The third-order valence-corrected chi connectivity index (χ3v) is 3.16. The van der Waals surface area contributed by atoms with E-state index in [0.717, 1.165) is 12.8 Å². The molecule has 0 fully saturated rings. The maximum atomic E-state index is 5.45. The lowest BCUT2D eigenvalue weighted by Crippen LogP contribution is -2.19. The highest BCUT2D eigenvalue weighted by atomic mass is 16.6. The summed E-state index contributed by atoms with van der Waals surface area (Å²) in [4.78, 5) is 5.18. The smallest absolute Gasteiger partial charge is 0.106 e. The molecule has 1 rings (SSSR count). The molecule has 0 bridgehead atoms. The van der Waals surface area contributed by atoms with Gasteiger partial charge in [-0.2, -0.15) is 0 Å². The molecule has 5 N–H and O–H groups in total.